The van der Waals surface area contributed by atoms with Crippen molar-refractivity contribution >= 4 is 11.8 Å². The molecule has 5 nitrogen and oxygen atoms in total. The molecule has 5 heteroatoms. The first-order valence-electron chi connectivity index (χ1n) is 6.28. The van der Waals surface area contributed by atoms with Crippen molar-refractivity contribution in [2.75, 3.05) is 6.54 Å². The Morgan fingerprint density at radius 3 is 2.53 bits per heavy atom. The molecule has 1 aliphatic rings. The Morgan fingerprint density at radius 1 is 1.37 bits per heavy atom. The number of hydrogen-bond acceptors (Lipinski definition) is 3. The molecule has 1 fully saturated rings. The number of aliphatic hydroxyl groups excluding tert-OH is 1. The molecule has 1 saturated heterocycles. The summed E-state index contributed by atoms with van der Waals surface area (Å²) in [6.07, 6.45) is -0.938. The second kappa shape index (κ2) is 5.40. The molecule has 0 bridgehead atoms. The predicted octanol–water partition coefficient (Wildman–Crippen LogP) is 0.0265. The molecule has 1 aliphatic heterocycles. The van der Waals surface area contributed by atoms with E-state index in [9.17, 15) is 14.7 Å². The van der Waals surface area contributed by atoms with Crippen LogP contribution in [0.25, 0.3) is 0 Å². The second-order valence-corrected chi connectivity index (χ2v) is 5.00. The van der Waals surface area contributed by atoms with Crippen LogP contribution < -0.4 is 10.6 Å². The van der Waals surface area contributed by atoms with Crippen LogP contribution >= 0.6 is 0 Å². The third-order valence-electron chi connectivity index (χ3n) is 3.18. The molecule has 2 unspecified atom stereocenters. The summed E-state index contributed by atoms with van der Waals surface area (Å²) in [5.74, 6) is -1.84. The molecule has 2 amide bonds. The molecule has 0 aliphatic carbocycles. The standard InChI is InChI=1S/C14H18N2O3/c1-8-3-9(2)5-10(4-8)6-15-13(18)12-11(17)7-16-14(12)19/h3-5,11-12,17H,6-7H2,1-2H3,(H,15,18)(H,16,19). The van der Waals surface area contributed by atoms with Crippen LogP contribution in [0.15, 0.2) is 18.2 Å². The van der Waals surface area contributed by atoms with E-state index in [1.807, 2.05) is 26.0 Å². The zero-order valence-corrected chi connectivity index (χ0v) is 11.1. The fourth-order valence-corrected chi connectivity index (χ4v) is 2.37. The van der Waals surface area contributed by atoms with Crippen molar-refractivity contribution in [1.29, 1.82) is 0 Å². The summed E-state index contributed by atoms with van der Waals surface area (Å²) in [5, 5.41) is 14.7. The number of benzene rings is 1. The van der Waals surface area contributed by atoms with Crippen LogP contribution in [0.3, 0.4) is 0 Å². The quantitative estimate of drug-likeness (QED) is 0.672. The van der Waals surface area contributed by atoms with E-state index in [0.717, 1.165) is 16.7 Å². The topological polar surface area (TPSA) is 78.4 Å². The number of nitrogens with one attached hydrogen (secondary N) is 2. The molecule has 2 rings (SSSR count). The van der Waals surface area contributed by atoms with Gasteiger partial charge in [0.1, 0.15) is 5.92 Å². The van der Waals surface area contributed by atoms with E-state index in [1.54, 1.807) is 0 Å². The predicted molar refractivity (Wildman–Crippen MR) is 70.3 cm³/mol. The van der Waals surface area contributed by atoms with E-state index >= 15 is 0 Å². The van der Waals surface area contributed by atoms with Gasteiger partial charge in [-0.2, -0.15) is 0 Å². The number of aryl methyl sites for hydroxylation is 2. The minimum atomic E-state index is -0.995. The van der Waals surface area contributed by atoms with Crippen molar-refractivity contribution in [3.8, 4) is 0 Å². The average Bonchev–Trinajstić information content (AvgIpc) is 2.65. The van der Waals surface area contributed by atoms with Gasteiger partial charge in [-0.15, -0.1) is 0 Å². The molecule has 2 atom stereocenters. The molecule has 1 aromatic rings. The monoisotopic (exact) mass is 262 g/mol. The van der Waals surface area contributed by atoms with Crippen LogP contribution in [0, 0.1) is 19.8 Å². The van der Waals surface area contributed by atoms with Crippen molar-refractivity contribution in [1.82, 2.24) is 10.6 Å². The molecule has 1 aromatic carbocycles. The lowest BCUT2D eigenvalue weighted by Crippen LogP contribution is -2.39. The van der Waals surface area contributed by atoms with Crippen LogP contribution in [0.1, 0.15) is 16.7 Å². The van der Waals surface area contributed by atoms with Gasteiger partial charge in [0.2, 0.25) is 11.8 Å². The van der Waals surface area contributed by atoms with Gasteiger partial charge in [0.25, 0.3) is 0 Å². The SMILES string of the molecule is Cc1cc(C)cc(CNC(=O)C2C(=O)NCC2O)c1. The number of hydrogen-bond donors (Lipinski definition) is 3. The van der Waals surface area contributed by atoms with Gasteiger partial charge in [-0.25, -0.2) is 0 Å². The van der Waals surface area contributed by atoms with Crippen molar-refractivity contribution < 1.29 is 14.7 Å². The number of carbonyl (C=O) groups is 2. The Morgan fingerprint density at radius 2 is 2.00 bits per heavy atom. The molecule has 0 spiro atoms. The van der Waals surface area contributed by atoms with Crippen molar-refractivity contribution in [3.05, 3.63) is 34.9 Å². The fourth-order valence-electron chi connectivity index (χ4n) is 2.37. The van der Waals surface area contributed by atoms with Gasteiger partial charge in [0, 0.05) is 13.1 Å². The highest BCUT2D eigenvalue weighted by molar-refractivity contribution is 6.02. The second-order valence-electron chi connectivity index (χ2n) is 5.00. The highest BCUT2D eigenvalue weighted by atomic mass is 16.3. The van der Waals surface area contributed by atoms with Gasteiger partial charge in [-0.05, 0) is 19.4 Å². The fraction of sp³-hybridized carbons (Fsp3) is 0.429. The smallest absolute Gasteiger partial charge is 0.235 e. The van der Waals surface area contributed by atoms with Crippen LogP contribution in [-0.2, 0) is 16.1 Å². The van der Waals surface area contributed by atoms with Gasteiger partial charge in [-0.1, -0.05) is 29.3 Å². The Balaban J connectivity index is 1.98. The summed E-state index contributed by atoms with van der Waals surface area (Å²) in [6.45, 7) is 4.48. The van der Waals surface area contributed by atoms with Gasteiger partial charge < -0.3 is 15.7 Å². The summed E-state index contributed by atoms with van der Waals surface area (Å²) >= 11 is 0. The first kappa shape index (κ1) is 13.5. The molecule has 1 heterocycles. The third kappa shape index (κ3) is 3.12. The van der Waals surface area contributed by atoms with Crippen molar-refractivity contribution in [3.63, 3.8) is 0 Å². The lowest BCUT2D eigenvalue weighted by atomic mass is 10.0. The van der Waals surface area contributed by atoms with Crippen LogP contribution in [0.4, 0.5) is 0 Å². The largest absolute Gasteiger partial charge is 0.390 e. The Bertz CT molecular complexity index is 493. The van der Waals surface area contributed by atoms with Crippen LogP contribution in [0.5, 0.6) is 0 Å². The van der Waals surface area contributed by atoms with E-state index in [4.69, 9.17) is 0 Å². The summed E-state index contributed by atoms with van der Waals surface area (Å²) in [6, 6.07) is 6.02. The summed E-state index contributed by atoms with van der Waals surface area (Å²) in [4.78, 5) is 23.3. The molecule has 0 saturated carbocycles. The minimum absolute atomic E-state index is 0.139. The Hall–Kier alpha value is -1.88. The number of carbonyl (C=O) groups excluding carboxylic acids is 2. The number of amides is 2. The maximum atomic E-state index is 11.9. The normalized spacial score (nSPS) is 22.2. The first-order chi connectivity index (χ1) is 8.97. The maximum absolute atomic E-state index is 11.9. The van der Waals surface area contributed by atoms with Crippen LogP contribution in [-0.4, -0.2) is 29.6 Å². The summed E-state index contributed by atoms with van der Waals surface area (Å²) in [7, 11) is 0. The van der Waals surface area contributed by atoms with E-state index in [0.29, 0.717) is 6.54 Å². The summed E-state index contributed by atoms with van der Waals surface area (Å²) < 4.78 is 0. The molecular formula is C14H18N2O3. The highest BCUT2D eigenvalue weighted by Gasteiger charge is 2.38. The van der Waals surface area contributed by atoms with Crippen molar-refractivity contribution in [2.45, 2.75) is 26.5 Å². The van der Waals surface area contributed by atoms with Gasteiger partial charge in [-0.3, -0.25) is 9.59 Å². The van der Waals surface area contributed by atoms with E-state index in [2.05, 4.69) is 16.7 Å². The average molecular weight is 262 g/mol. The molecule has 102 valence electrons. The van der Waals surface area contributed by atoms with E-state index < -0.39 is 23.8 Å². The molecule has 19 heavy (non-hydrogen) atoms. The molecule has 3 N–H and O–H groups in total. The first-order valence-corrected chi connectivity index (χ1v) is 6.28. The lowest BCUT2D eigenvalue weighted by molar-refractivity contribution is -0.135. The Labute approximate surface area is 112 Å². The van der Waals surface area contributed by atoms with E-state index in [-0.39, 0.29) is 6.54 Å². The van der Waals surface area contributed by atoms with Crippen molar-refractivity contribution in [2.24, 2.45) is 5.92 Å². The van der Waals surface area contributed by atoms with Gasteiger partial charge in [0.15, 0.2) is 0 Å². The van der Waals surface area contributed by atoms with Gasteiger partial charge in [0.05, 0.1) is 6.10 Å². The third-order valence-corrected chi connectivity index (χ3v) is 3.18. The molecule has 0 radical (unpaired) electrons. The van der Waals surface area contributed by atoms with Gasteiger partial charge >= 0.3 is 0 Å². The number of β-amino-alcohol motifs (C(OH)–C–C–N with tert-alkyl or cyclic N) is 1. The van der Waals surface area contributed by atoms with Crippen LogP contribution in [0.2, 0.25) is 0 Å². The summed E-state index contributed by atoms with van der Waals surface area (Å²) in [5.41, 5.74) is 3.24. The minimum Gasteiger partial charge on any atom is -0.390 e. The lowest BCUT2D eigenvalue weighted by Gasteiger charge is -2.12. The highest BCUT2D eigenvalue weighted by Crippen LogP contribution is 2.12. The maximum Gasteiger partial charge on any atom is 0.235 e. The van der Waals surface area contributed by atoms with E-state index in [1.165, 1.54) is 0 Å². The molecule has 0 aromatic heterocycles. The Kier molecular flexibility index (Phi) is 3.85. The number of aliphatic hydroxyl groups is 1. The zero-order valence-electron chi connectivity index (χ0n) is 11.1. The zero-order chi connectivity index (χ0) is 14.0. The molecular weight excluding hydrogens is 244 g/mol. The number of rotatable bonds is 3.